The van der Waals surface area contributed by atoms with Gasteiger partial charge in [0, 0.05) is 0 Å². The Morgan fingerprint density at radius 3 is 1.64 bits per heavy atom. The first kappa shape index (κ1) is 25.2. The zero-order valence-corrected chi connectivity index (χ0v) is 19.0. The van der Waals surface area contributed by atoms with Crippen molar-refractivity contribution in [2.24, 2.45) is 0 Å². The molecule has 0 saturated heterocycles. The van der Waals surface area contributed by atoms with E-state index in [2.05, 4.69) is 13.8 Å². The van der Waals surface area contributed by atoms with Crippen LogP contribution in [0.3, 0.4) is 0 Å². The number of unbranched alkanes of at least 4 members (excludes halogenated alkanes) is 12. The van der Waals surface area contributed by atoms with Crippen LogP contribution in [0.1, 0.15) is 115 Å². The molecule has 0 aromatic heterocycles. The van der Waals surface area contributed by atoms with Crippen LogP contribution in [-0.4, -0.2) is 13.0 Å². The minimum absolute atomic E-state index is 0.0129. The molecule has 0 bridgehead atoms. The first-order chi connectivity index (χ1) is 13.5. The Hall–Kier alpha value is -0.870. The second kappa shape index (κ2) is 15.0. The van der Waals surface area contributed by atoms with Gasteiger partial charge in [0.05, 0.1) is 4.90 Å². The molecule has 0 unspecified atom stereocenters. The molecular weight excluding hydrogens is 368 g/mol. The zero-order valence-electron chi connectivity index (χ0n) is 18.2. The molecule has 0 heterocycles. The summed E-state index contributed by atoms with van der Waals surface area (Å²) in [6, 6.07) is 5.24. The molecule has 0 atom stereocenters. The molecule has 162 valence electrons. The van der Waals surface area contributed by atoms with Crippen molar-refractivity contribution in [2.45, 2.75) is 121 Å². The van der Waals surface area contributed by atoms with E-state index in [1.807, 2.05) is 6.07 Å². The van der Waals surface area contributed by atoms with Crippen molar-refractivity contribution in [3.8, 4) is 0 Å². The summed E-state index contributed by atoms with van der Waals surface area (Å²) in [6.07, 6.45) is 18.6. The van der Waals surface area contributed by atoms with Gasteiger partial charge in [-0.15, -0.1) is 0 Å². The van der Waals surface area contributed by atoms with Gasteiger partial charge in [0.1, 0.15) is 10.1 Å². The highest BCUT2D eigenvalue weighted by molar-refractivity contribution is 7.85. The molecule has 0 amide bonds. The third-order valence-electron chi connectivity index (χ3n) is 5.58. The molecule has 0 aliphatic heterocycles. The number of benzene rings is 1. The van der Waals surface area contributed by atoms with Crippen LogP contribution in [0.5, 0.6) is 0 Å². The van der Waals surface area contributed by atoms with E-state index in [0.29, 0.717) is 6.42 Å². The lowest BCUT2D eigenvalue weighted by Crippen LogP contribution is -2.07. The summed E-state index contributed by atoms with van der Waals surface area (Å²) in [4.78, 5) is 0.0129. The van der Waals surface area contributed by atoms with Crippen LogP contribution in [0.15, 0.2) is 23.1 Å². The molecule has 0 aliphatic carbocycles. The number of hydrogen-bond donors (Lipinski definition) is 0. The minimum atomic E-state index is -4.41. The Labute approximate surface area is 174 Å². The maximum absolute atomic E-state index is 11.7. The fourth-order valence-corrected chi connectivity index (χ4v) is 4.67. The summed E-state index contributed by atoms with van der Waals surface area (Å²) in [5.41, 5.74) is 1.86. The predicted molar refractivity (Wildman–Crippen MR) is 118 cm³/mol. The lowest BCUT2D eigenvalue weighted by molar-refractivity contribution is 0.461. The molecule has 1 rings (SSSR count). The van der Waals surface area contributed by atoms with Crippen LogP contribution in [0, 0.1) is 0 Å². The van der Waals surface area contributed by atoms with Crippen molar-refractivity contribution in [1.82, 2.24) is 0 Å². The van der Waals surface area contributed by atoms with E-state index < -0.39 is 10.1 Å². The van der Waals surface area contributed by atoms with Crippen molar-refractivity contribution >= 4 is 10.1 Å². The van der Waals surface area contributed by atoms with E-state index in [4.69, 9.17) is 0 Å². The summed E-state index contributed by atoms with van der Waals surface area (Å²) in [6.45, 7) is 4.44. The average Bonchev–Trinajstić information content (AvgIpc) is 2.66. The Kier molecular flexibility index (Phi) is 13.5. The van der Waals surface area contributed by atoms with Crippen molar-refractivity contribution in [3.05, 3.63) is 29.3 Å². The highest BCUT2D eigenvalue weighted by Gasteiger charge is 2.13. The lowest BCUT2D eigenvalue weighted by Gasteiger charge is -2.17. The van der Waals surface area contributed by atoms with Crippen LogP contribution in [0.2, 0.25) is 0 Å². The van der Waals surface area contributed by atoms with Crippen LogP contribution in [0.4, 0.5) is 0 Å². The highest BCUT2D eigenvalue weighted by Crippen LogP contribution is 2.24. The van der Waals surface area contributed by atoms with Crippen LogP contribution in [-0.2, 0) is 23.0 Å². The number of rotatable bonds is 17. The van der Waals surface area contributed by atoms with Crippen LogP contribution in [0.25, 0.3) is 0 Å². The van der Waals surface area contributed by atoms with Gasteiger partial charge in [-0.1, -0.05) is 103 Å². The van der Waals surface area contributed by atoms with Gasteiger partial charge < -0.3 is 4.55 Å². The smallest absolute Gasteiger partial charge is 0.124 e. The van der Waals surface area contributed by atoms with Gasteiger partial charge in [-0.25, -0.2) is 8.42 Å². The van der Waals surface area contributed by atoms with Crippen LogP contribution >= 0.6 is 0 Å². The Bertz CT molecular complexity index is 623. The molecule has 1 aromatic rings. The summed E-state index contributed by atoms with van der Waals surface area (Å²) < 4.78 is 35.2. The Balaban J connectivity index is 2.58. The zero-order chi connectivity index (χ0) is 20.7. The highest BCUT2D eigenvalue weighted by atomic mass is 32.2. The standard InChI is InChI=1S/C24H42O3S/c1-3-5-7-9-11-13-15-18-22-19-17-21-24(28(25,26)27)23(22)20-16-14-12-10-8-6-4-2/h17,19,21H,3-16,18,20H2,1-2H3,(H,25,26,27)/p-1. The SMILES string of the molecule is CCCCCCCCCc1cccc(S(=O)(=O)[O-])c1CCCCCCCCC. The molecule has 3 nitrogen and oxygen atoms in total. The lowest BCUT2D eigenvalue weighted by atomic mass is 9.96. The quantitative estimate of drug-likeness (QED) is 0.202. The third-order valence-corrected chi connectivity index (χ3v) is 6.50. The fraction of sp³-hybridized carbons (Fsp3) is 0.750. The van der Waals surface area contributed by atoms with E-state index in [1.165, 1.54) is 76.7 Å². The minimum Gasteiger partial charge on any atom is -0.744 e. The maximum atomic E-state index is 11.7. The Morgan fingerprint density at radius 2 is 1.14 bits per heavy atom. The van der Waals surface area contributed by atoms with Gasteiger partial charge in [-0.3, -0.25) is 0 Å². The molecular formula is C24H41O3S-. The van der Waals surface area contributed by atoms with Gasteiger partial charge in [0.15, 0.2) is 0 Å². The van der Waals surface area contributed by atoms with Gasteiger partial charge in [-0.05, 0) is 42.9 Å². The molecule has 0 N–H and O–H groups in total. The van der Waals surface area contributed by atoms with Crippen LogP contribution < -0.4 is 0 Å². The van der Waals surface area contributed by atoms with Crippen molar-refractivity contribution < 1.29 is 13.0 Å². The molecule has 28 heavy (non-hydrogen) atoms. The van der Waals surface area contributed by atoms with Crippen molar-refractivity contribution in [3.63, 3.8) is 0 Å². The molecule has 0 fully saturated rings. The molecule has 0 radical (unpaired) electrons. The largest absolute Gasteiger partial charge is 0.744 e. The third kappa shape index (κ3) is 10.6. The average molecular weight is 410 g/mol. The van der Waals surface area contributed by atoms with Gasteiger partial charge in [0.25, 0.3) is 0 Å². The van der Waals surface area contributed by atoms with Gasteiger partial charge in [-0.2, -0.15) is 0 Å². The summed E-state index contributed by atoms with van der Waals surface area (Å²) in [7, 11) is -4.41. The van der Waals surface area contributed by atoms with E-state index >= 15 is 0 Å². The molecule has 0 saturated carbocycles. The summed E-state index contributed by atoms with van der Waals surface area (Å²) in [5, 5.41) is 0. The molecule has 0 spiro atoms. The number of aryl methyl sites for hydroxylation is 1. The van der Waals surface area contributed by atoms with Gasteiger partial charge in [0.2, 0.25) is 0 Å². The maximum Gasteiger partial charge on any atom is 0.124 e. The van der Waals surface area contributed by atoms with Crippen molar-refractivity contribution in [2.75, 3.05) is 0 Å². The van der Waals surface area contributed by atoms with E-state index in [1.54, 1.807) is 6.07 Å². The number of hydrogen-bond acceptors (Lipinski definition) is 3. The second-order valence-corrected chi connectivity index (χ2v) is 9.44. The summed E-state index contributed by atoms with van der Waals surface area (Å²) in [5.74, 6) is 0. The van der Waals surface area contributed by atoms with E-state index in [9.17, 15) is 13.0 Å². The monoisotopic (exact) mass is 409 g/mol. The van der Waals surface area contributed by atoms with E-state index in [0.717, 1.165) is 36.8 Å². The normalized spacial score (nSPS) is 11.8. The molecule has 0 aliphatic rings. The Morgan fingerprint density at radius 1 is 0.679 bits per heavy atom. The molecule has 1 aromatic carbocycles. The first-order valence-corrected chi connectivity index (χ1v) is 13.0. The first-order valence-electron chi connectivity index (χ1n) is 11.6. The van der Waals surface area contributed by atoms with Crippen molar-refractivity contribution in [1.29, 1.82) is 0 Å². The van der Waals surface area contributed by atoms with E-state index in [-0.39, 0.29) is 4.90 Å². The topological polar surface area (TPSA) is 57.2 Å². The fourth-order valence-electron chi connectivity index (χ4n) is 3.89. The second-order valence-electron chi connectivity index (χ2n) is 8.09. The van der Waals surface area contributed by atoms with Gasteiger partial charge >= 0.3 is 0 Å². The predicted octanol–water partition coefficient (Wildman–Crippen LogP) is 7.18. The summed E-state index contributed by atoms with van der Waals surface area (Å²) >= 11 is 0. The molecule has 4 heteroatoms.